The summed E-state index contributed by atoms with van der Waals surface area (Å²) in [5, 5.41) is 0.262. The van der Waals surface area contributed by atoms with Crippen molar-refractivity contribution in [3.05, 3.63) is 27.5 Å². The molecule has 0 bridgehead atoms. The van der Waals surface area contributed by atoms with Gasteiger partial charge < -0.3 is 4.74 Å². The Hall–Kier alpha value is -0.560. The van der Waals surface area contributed by atoms with E-state index in [2.05, 4.69) is 41.6 Å². The maximum absolute atomic E-state index is 12.7. The first kappa shape index (κ1) is 13.5. The van der Waals surface area contributed by atoms with Crippen LogP contribution in [0.1, 0.15) is 28.0 Å². The number of halogens is 4. The molecule has 88 valence electrons. The number of esters is 1. The van der Waals surface area contributed by atoms with E-state index in [1.165, 1.54) is 6.07 Å². The van der Waals surface area contributed by atoms with Crippen molar-refractivity contribution in [2.75, 3.05) is 7.11 Å². The molecule has 0 fully saturated rings. The minimum atomic E-state index is -2.83. The largest absolute Gasteiger partial charge is 0.465 e. The summed E-state index contributed by atoms with van der Waals surface area (Å²) in [6.07, 6.45) is -2.83. The van der Waals surface area contributed by atoms with Crippen LogP contribution in [0.3, 0.4) is 0 Å². The average Bonchev–Trinajstić information content (AvgIpc) is 2.26. The van der Waals surface area contributed by atoms with Gasteiger partial charge in [-0.2, -0.15) is 0 Å². The maximum Gasteiger partial charge on any atom is 0.340 e. The van der Waals surface area contributed by atoms with Crippen molar-refractivity contribution in [2.24, 2.45) is 0 Å². The van der Waals surface area contributed by atoms with Crippen molar-refractivity contribution in [1.82, 2.24) is 4.98 Å². The molecule has 3 nitrogen and oxygen atoms in total. The molecule has 0 aliphatic heterocycles. The lowest BCUT2D eigenvalue weighted by Gasteiger charge is -2.10. The van der Waals surface area contributed by atoms with Gasteiger partial charge in [0.25, 0.3) is 6.43 Å². The number of hydrogen-bond acceptors (Lipinski definition) is 3. The van der Waals surface area contributed by atoms with Gasteiger partial charge in [0, 0.05) is 5.33 Å². The highest BCUT2D eigenvalue weighted by atomic mass is 79.9. The fourth-order valence-corrected chi connectivity index (χ4v) is 2.09. The van der Waals surface area contributed by atoms with Crippen LogP contribution in [-0.4, -0.2) is 18.1 Å². The third-order valence-corrected chi connectivity index (χ3v) is 2.85. The van der Waals surface area contributed by atoms with E-state index in [1.54, 1.807) is 0 Å². The quantitative estimate of drug-likeness (QED) is 0.472. The Labute approximate surface area is 107 Å². The lowest BCUT2D eigenvalue weighted by molar-refractivity contribution is 0.0586. The third kappa shape index (κ3) is 2.76. The number of rotatable bonds is 3. The topological polar surface area (TPSA) is 39.2 Å². The Kier molecular flexibility index (Phi) is 4.79. The Morgan fingerprint density at radius 3 is 2.69 bits per heavy atom. The smallest absolute Gasteiger partial charge is 0.340 e. The zero-order valence-electron chi connectivity index (χ0n) is 8.14. The zero-order chi connectivity index (χ0) is 12.3. The first-order valence-corrected chi connectivity index (χ1v) is 6.04. The van der Waals surface area contributed by atoms with Crippen LogP contribution in [0.15, 0.2) is 10.7 Å². The van der Waals surface area contributed by atoms with Crippen molar-refractivity contribution in [3.8, 4) is 0 Å². The van der Waals surface area contributed by atoms with Gasteiger partial charge in [-0.15, -0.1) is 0 Å². The second-order valence-corrected chi connectivity index (χ2v) is 4.16. The molecule has 0 atom stereocenters. The van der Waals surface area contributed by atoms with Gasteiger partial charge in [-0.05, 0) is 27.6 Å². The van der Waals surface area contributed by atoms with Gasteiger partial charge in [0.2, 0.25) is 0 Å². The standard InChI is InChI=1S/C9H7Br2F2NO2/c1-16-9(15)6-4(3-10)2-5(11)14-7(6)8(12)13/h2,8H,3H2,1H3. The average molecular weight is 359 g/mol. The van der Waals surface area contributed by atoms with Crippen molar-refractivity contribution in [1.29, 1.82) is 0 Å². The number of pyridine rings is 1. The lowest BCUT2D eigenvalue weighted by atomic mass is 10.1. The molecule has 0 aliphatic carbocycles. The molecule has 0 aromatic carbocycles. The van der Waals surface area contributed by atoms with E-state index in [-0.39, 0.29) is 15.5 Å². The van der Waals surface area contributed by atoms with Crippen LogP contribution in [0.5, 0.6) is 0 Å². The summed E-state index contributed by atoms with van der Waals surface area (Å²) >= 11 is 6.13. The fourth-order valence-electron chi connectivity index (χ4n) is 1.18. The van der Waals surface area contributed by atoms with Crippen molar-refractivity contribution < 1.29 is 18.3 Å². The Balaban J connectivity index is 3.45. The molecule has 0 N–H and O–H groups in total. The SMILES string of the molecule is COC(=O)c1c(CBr)cc(Br)nc1C(F)F. The van der Waals surface area contributed by atoms with Gasteiger partial charge in [-0.3, -0.25) is 0 Å². The van der Waals surface area contributed by atoms with E-state index >= 15 is 0 Å². The summed E-state index contributed by atoms with van der Waals surface area (Å²) in [6.45, 7) is 0. The molecule has 1 aromatic rings. The number of nitrogens with zero attached hydrogens (tertiary/aromatic N) is 1. The second kappa shape index (κ2) is 5.67. The first-order chi connectivity index (χ1) is 7.51. The minimum absolute atomic E-state index is 0.183. The van der Waals surface area contributed by atoms with Gasteiger partial charge in [0.15, 0.2) is 0 Å². The number of alkyl halides is 3. The molecule has 0 saturated heterocycles. The maximum atomic E-state index is 12.7. The van der Waals surface area contributed by atoms with Crippen LogP contribution >= 0.6 is 31.9 Å². The van der Waals surface area contributed by atoms with E-state index in [1.807, 2.05) is 0 Å². The minimum Gasteiger partial charge on any atom is -0.465 e. The van der Waals surface area contributed by atoms with Crippen LogP contribution < -0.4 is 0 Å². The molecule has 1 aromatic heterocycles. The van der Waals surface area contributed by atoms with Crippen molar-refractivity contribution in [3.63, 3.8) is 0 Å². The van der Waals surface area contributed by atoms with Crippen LogP contribution in [-0.2, 0) is 10.1 Å². The summed E-state index contributed by atoms with van der Waals surface area (Å²) in [5.41, 5.74) is -0.350. The van der Waals surface area contributed by atoms with Gasteiger partial charge in [0.05, 0.1) is 12.7 Å². The van der Waals surface area contributed by atoms with Crippen molar-refractivity contribution >= 4 is 37.8 Å². The normalized spacial score (nSPS) is 10.6. The molecule has 0 radical (unpaired) electrons. The molecule has 0 saturated carbocycles. The van der Waals surface area contributed by atoms with Gasteiger partial charge in [0.1, 0.15) is 10.3 Å². The number of carbonyl (C=O) groups is 1. The third-order valence-electron chi connectivity index (χ3n) is 1.84. The van der Waals surface area contributed by atoms with Gasteiger partial charge in [-0.1, -0.05) is 15.9 Å². The monoisotopic (exact) mass is 357 g/mol. The van der Waals surface area contributed by atoms with E-state index in [4.69, 9.17) is 0 Å². The van der Waals surface area contributed by atoms with Gasteiger partial charge in [-0.25, -0.2) is 18.6 Å². The van der Waals surface area contributed by atoms with Crippen LogP contribution in [0.4, 0.5) is 8.78 Å². The van der Waals surface area contributed by atoms with Gasteiger partial charge >= 0.3 is 5.97 Å². The highest BCUT2D eigenvalue weighted by Crippen LogP contribution is 2.28. The predicted octanol–water partition coefficient (Wildman–Crippen LogP) is 3.46. The van der Waals surface area contributed by atoms with E-state index < -0.39 is 18.1 Å². The van der Waals surface area contributed by atoms with E-state index in [0.29, 0.717) is 5.56 Å². The van der Waals surface area contributed by atoms with Crippen LogP contribution in [0.25, 0.3) is 0 Å². The molecule has 0 amide bonds. The second-order valence-electron chi connectivity index (χ2n) is 2.79. The molecule has 1 heterocycles. The Morgan fingerprint density at radius 1 is 1.62 bits per heavy atom. The molecule has 16 heavy (non-hydrogen) atoms. The molecule has 0 unspecified atom stereocenters. The number of carbonyl (C=O) groups excluding carboxylic acids is 1. The summed E-state index contributed by atoms with van der Waals surface area (Å²) in [5.74, 6) is -0.815. The molecular formula is C9H7Br2F2NO2. The summed E-state index contributed by atoms with van der Waals surface area (Å²) < 4.78 is 30.1. The van der Waals surface area contributed by atoms with Crippen LogP contribution in [0.2, 0.25) is 0 Å². The highest BCUT2D eigenvalue weighted by molar-refractivity contribution is 9.10. The molecule has 0 aliphatic rings. The lowest BCUT2D eigenvalue weighted by Crippen LogP contribution is -2.11. The molecule has 1 rings (SSSR count). The van der Waals surface area contributed by atoms with E-state index in [0.717, 1.165) is 7.11 Å². The predicted molar refractivity (Wildman–Crippen MR) is 60.9 cm³/mol. The number of ether oxygens (including phenoxy) is 1. The number of methoxy groups -OCH3 is 1. The van der Waals surface area contributed by atoms with Crippen molar-refractivity contribution in [2.45, 2.75) is 11.8 Å². The Bertz CT molecular complexity index is 413. The molecule has 0 spiro atoms. The summed E-state index contributed by atoms with van der Waals surface area (Å²) in [6, 6.07) is 1.49. The summed E-state index contributed by atoms with van der Waals surface area (Å²) in [7, 11) is 1.14. The number of hydrogen-bond donors (Lipinski definition) is 0. The number of aromatic nitrogens is 1. The molecular weight excluding hydrogens is 352 g/mol. The first-order valence-electron chi connectivity index (χ1n) is 4.13. The fraction of sp³-hybridized carbons (Fsp3) is 0.333. The highest BCUT2D eigenvalue weighted by Gasteiger charge is 2.24. The Morgan fingerprint density at radius 2 is 2.25 bits per heavy atom. The van der Waals surface area contributed by atoms with Crippen LogP contribution in [0, 0.1) is 0 Å². The molecule has 7 heteroatoms. The van der Waals surface area contributed by atoms with E-state index in [9.17, 15) is 13.6 Å². The summed E-state index contributed by atoms with van der Waals surface area (Å²) in [4.78, 5) is 15.0. The zero-order valence-corrected chi connectivity index (χ0v) is 11.3.